The number of nitrogens with zero attached hydrogens (tertiary/aromatic N) is 2. The lowest BCUT2D eigenvalue weighted by Gasteiger charge is -2.18. The maximum Gasteiger partial charge on any atom is 0.394 e. The Morgan fingerprint density at radius 1 is 1.26 bits per heavy atom. The third kappa shape index (κ3) is 3.54. The number of carbonyl (C=O) groups excluding carboxylic acids is 1. The minimum atomic E-state index is -4.71. The minimum Gasteiger partial charge on any atom is -0.481 e. The van der Waals surface area contributed by atoms with Crippen molar-refractivity contribution >= 4 is 11.9 Å². The molecular weight excluding hydrogens is 365 g/mol. The highest BCUT2D eigenvalue weighted by Gasteiger charge is 2.54. The van der Waals surface area contributed by atoms with Gasteiger partial charge in [-0.25, -0.2) is 0 Å². The summed E-state index contributed by atoms with van der Waals surface area (Å²) in [4.78, 5) is 25.2. The van der Waals surface area contributed by atoms with Crippen LogP contribution in [0.1, 0.15) is 23.0 Å². The number of amides is 1. The Bertz CT molecular complexity index is 848. The summed E-state index contributed by atoms with van der Waals surface area (Å²) in [5.74, 6) is -5.83. The van der Waals surface area contributed by atoms with E-state index in [-0.39, 0.29) is 17.0 Å². The number of aliphatic carboxylic acids is 1. The summed E-state index contributed by atoms with van der Waals surface area (Å²) in [7, 11) is 0. The molecule has 1 aromatic heterocycles. The first-order valence-electron chi connectivity index (χ1n) is 8.36. The number of hydrogen-bond donors (Lipinski definition) is 1. The van der Waals surface area contributed by atoms with Crippen LogP contribution < -0.4 is 0 Å². The highest BCUT2D eigenvalue weighted by Crippen LogP contribution is 2.39. The zero-order valence-electron chi connectivity index (χ0n) is 14.4. The van der Waals surface area contributed by atoms with Crippen molar-refractivity contribution in [3.63, 3.8) is 0 Å². The van der Waals surface area contributed by atoms with E-state index in [9.17, 15) is 22.8 Å². The predicted octanol–water partition coefficient (Wildman–Crippen LogP) is 3.24. The normalized spacial score (nSPS) is 20.1. The molecule has 1 N–H and O–H groups in total. The number of hydrogen-bond acceptors (Lipinski definition) is 4. The number of rotatable bonds is 4. The summed E-state index contributed by atoms with van der Waals surface area (Å²) in [5, 5.41) is 13.1. The van der Waals surface area contributed by atoms with Gasteiger partial charge in [0.25, 0.3) is 5.91 Å². The lowest BCUT2D eigenvalue weighted by atomic mass is 9.96. The van der Waals surface area contributed by atoms with Crippen LogP contribution in [-0.2, 0) is 11.2 Å². The Labute approximate surface area is 152 Å². The molecule has 1 aliphatic heterocycles. The number of carboxylic acids is 1. The van der Waals surface area contributed by atoms with Crippen molar-refractivity contribution < 1.29 is 32.4 Å². The van der Waals surface area contributed by atoms with Crippen LogP contribution >= 0.6 is 0 Å². The molecule has 6 nitrogen and oxygen atoms in total. The van der Waals surface area contributed by atoms with Gasteiger partial charge in [0.2, 0.25) is 0 Å². The second kappa shape index (κ2) is 7.05. The van der Waals surface area contributed by atoms with Crippen LogP contribution in [0.3, 0.4) is 0 Å². The molecule has 0 aliphatic carbocycles. The summed E-state index contributed by atoms with van der Waals surface area (Å²) in [6.07, 6.45) is -4.39. The average Bonchev–Trinajstić information content (AvgIpc) is 3.26. The maximum atomic E-state index is 13.2. The SMILES string of the molecule is CCc1onc(-c2ccccc2)c1C(=O)N1C[C@@H](C(F)(F)F)[C@H](C(=O)O)C1. The van der Waals surface area contributed by atoms with Crippen LogP contribution in [-0.4, -0.2) is 46.3 Å². The second-order valence-corrected chi connectivity index (χ2v) is 6.35. The van der Waals surface area contributed by atoms with Gasteiger partial charge in [-0.1, -0.05) is 42.4 Å². The maximum absolute atomic E-state index is 13.2. The van der Waals surface area contributed by atoms with Crippen molar-refractivity contribution in [1.82, 2.24) is 10.1 Å². The fourth-order valence-electron chi connectivity index (χ4n) is 3.29. The lowest BCUT2D eigenvalue weighted by molar-refractivity contribution is -0.187. The van der Waals surface area contributed by atoms with Crippen LogP contribution in [0.25, 0.3) is 11.3 Å². The third-order valence-corrected chi connectivity index (χ3v) is 4.69. The molecule has 9 heteroatoms. The minimum absolute atomic E-state index is 0.0793. The van der Waals surface area contributed by atoms with Gasteiger partial charge >= 0.3 is 12.1 Å². The fourth-order valence-corrected chi connectivity index (χ4v) is 3.29. The van der Waals surface area contributed by atoms with Gasteiger partial charge in [0.15, 0.2) is 0 Å². The van der Waals surface area contributed by atoms with Gasteiger partial charge in [-0.2, -0.15) is 13.2 Å². The number of likely N-dealkylation sites (tertiary alicyclic amines) is 1. The first-order valence-corrected chi connectivity index (χ1v) is 8.36. The van der Waals surface area contributed by atoms with E-state index in [1.807, 2.05) is 0 Å². The number of halogens is 3. The van der Waals surface area contributed by atoms with Crippen LogP contribution in [0, 0.1) is 11.8 Å². The highest BCUT2D eigenvalue weighted by atomic mass is 19.4. The molecule has 0 bridgehead atoms. The number of alkyl halides is 3. The summed E-state index contributed by atoms with van der Waals surface area (Å²) >= 11 is 0. The second-order valence-electron chi connectivity index (χ2n) is 6.35. The summed E-state index contributed by atoms with van der Waals surface area (Å²) < 4.78 is 44.8. The Hall–Kier alpha value is -2.84. The molecule has 0 unspecified atom stereocenters. The molecule has 1 aromatic carbocycles. The van der Waals surface area contributed by atoms with Crippen LogP contribution in [0.4, 0.5) is 13.2 Å². The predicted molar refractivity (Wildman–Crippen MR) is 87.9 cm³/mol. The molecule has 1 saturated heterocycles. The zero-order chi connectivity index (χ0) is 19.8. The average molecular weight is 382 g/mol. The largest absolute Gasteiger partial charge is 0.481 e. The summed E-state index contributed by atoms with van der Waals surface area (Å²) in [6.45, 7) is 0.511. The van der Waals surface area contributed by atoms with Gasteiger partial charge in [-0.3, -0.25) is 9.59 Å². The van der Waals surface area contributed by atoms with E-state index in [0.717, 1.165) is 4.90 Å². The molecule has 3 rings (SSSR count). The van der Waals surface area contributed by atoms with Crippen molar-refractivity contribution in [2.45, 2.75) is 19.5 Å². The Morgan fingerprint density at radius 2 is 1.93 bits per heavy atom. The van der Waals surface area contributed by atoms with E-state index in [2.05, 4.69) is 5.16 Å². The first-order chi connectivity index (χ1) is 12.7. The molecule has 0 saturated carbocycles. The van der Waals surface area contributed by atoms with Crippen LogP contribution in [0.15, 0.2) is 34.9 Å². The van der Waals surface area contributed by atoms with Crippen LogP contribution in [0.2, 0.25) is 0 Å². The van der Waals surface area contributed by atoms with E-state index in [0.29, 0.717) is 12.0 Å². The molecule has 2 atom stereocenters. The Kier molecular flexibility index (Phi) is 4.95. The summed E-state index contributed by atoms with van der Waals surface area (Å²) in [6, 6.07) is 8.66. The van der Waals surface area contributed by atoms with E-state index < -0.39 is 43.0 Å². The van der Waals surface area contributed by atoms with Crippen molar-refractivity contribution in [2.24, 2.45) is 11.8 Å². The van der Waals surface area contributed by atoms with Gasteiger partial charge in [0.1, 0.15) is 17.0 Å². The quantitative estimate of drug-likeness (QED) is 0.878. The Morgan fingerprint density at radius 3 is 2.44 bits per heavy atom. The van der Waals surface area contributed by atoms with Gasteiger partial charge < -0.3 is 14.5 Å². The van der Waals surface area contributed by atoms with Crippen LogP contribution in [0.5, 0.6) is 0 Å². The van der Waals surface area contributed by atoms with Crippen molar-refractivity contribution in [2.75, 3.05) is 13.1 Å². The lowest BCUT2D eigenvalue weighted by Crippen LogP contribution is -2.34. The molecule has 0 radical (unpaired) electrons. The van der Waals surface area contributed by atoms with Gasteiger partial charge in [-0.05, 0) is 0 Å². The van der Waals surface area contributed by atoms with E-state index in [1.165, 1.54) is 0 Å². The summed E-state index contributed by atoms with van der Waals surface area (Å²) in [5.41, 5.74) is 0.904. The topological polar surface area (TPSA) is 83.6 Å². The number of aryl methyl sites for hydroxylation is 1. The van der Waals surface area contributed by atoms with Crippen molar-refractivity contribution in [3.8, 4) is 11.3 Å². The number of benzene rings is 1. The third-order valence-electron chi connectivity index (χ3n) is 4.69. The Balaban J connectivity index is 1.97. The molecule has 0 spiro atoms. The monoisotopic (exact) mass is 382 g/mol. The molecule has 1 aliphatic rings. The van der Waals surface area contributed by atoms with Crippen molar-refractivity contribution in [3.05, 3.63) is 41.7 Å². The zero-order valence-corrected chi connectivity index (χ0v) is 14.4. The molecule has 1 amide bonds. The molecular formula is C18H17F3N2O4. The van der Waals surface area contributed by atoms with E-state index >= 15 is 0 Å². The van der Waals surface area contributed by atoms with E-state index in [1.54, 1.807) is 37.3 Å². The highest BCUT2D eigenvalue weighted by molar-refractivity contribution is 6.01. The van der Waals surface area contributed by atoms with Gasteiger partial charge in [0, 0.05) is 25.1 Å². The molecule has 144 valence electrons. The van der Waals surface area contributed by atoms with Gasteiger partial charge in [-0.15, -0.1) is 0 Å². The molecule has 2 heterocycles. The fraction of sp³-hybridized carbons (Fsp3) is 0.389. The first kappa shape index (κ1) is 18.9. The standard InChI is InChI=1S/C18H17F3N2O4/c1-2-13-14(15(22-27-13)10-6-4-3-5-7-10)16(24)23-8-11(17(25)26)12(9-23)18(19,20)21/h3-7,11-12H,2,8-9H2,1H3,(H,25,26)/t11-,12-/m1/s1. The molecule has 2 aromatic rings. The van der Waals surface area contributed by atoms with Gasteiger partial charge in [0.05, 0.1) is 11.8 Å². The van der Waals surface area contributed by atoms with Crippen molar-refractivity contribution in [1.29, 1.82) is 0 Å². The molecule has 1 fully saturated rings. The van der Waals surface area contributed by atoms with E-state index in [4.69, 9.17) is 9.63 Å². The number of aromatic nitrogens is 1. The number of carbonyl (C=O) groups is 2. The number of carboxylic acid groups (broad SMARTS) is 1. The molecule has 27 heavy (non-hydrogen) atoms. The smallest absolute Gasteiger partial charge is 0.394 e.